The minimum absolute atomic E-state index is 0.0241. The van der Waals surface area contributed by atoms with Crippen LogP contribution in [-0.2, 0) is 32.6 Å². The number of benzene rings is 1. The third-order valence-corrected chi connectivity index (χ3v) is 7.58. The summed E-state index contributed by atoms with van der Waals surface area (Å²) in [6.45, 7) is 10.5. The zero-order chi connectivity index (χ0) is 23.0. The quantitative estimate of drug-likeness (QED) is 0.609. The largest absolute Gasteiger partial charge is 0.464 e. The number of rotatable bonds is 4. The van der Waals surface area contributed by atoms with E-state index in [4.69, 9.17) is 9.73 Å². The summed E-state index contributed by atoms with van der Waals surface area (Å²) in [5.41, 5.74) is 5.55. The van der Waals surface area contributed by atoms with Crippen LogP contribution in [0.5, 0.6) is 0 Å². The van der Waals surface area contributed by atoms with Gasteiger partial charge in [-0.25, -0.2) is 4.79 Å². The fourth-order valence-electron chi connectivity index (χ4n) is 4.50. The summed E-state index contributed by atoms with van der Waals surface area (Å²) in [5.74, 6) is -0.539. The van der Waals surface area contributed by atoms with E-state index in [1.54, 1.807) is 30.1 Å². The maximum Gasteiger partial charge on any atom is 0.328 e. The number of aliphatic imine (C=N–C) groups is 1. The summed E-state index contributed by atoms with van der Waals surface area (Å²) in [5, 5.41) is 0.846. The Bertz CT molecular complexity index is 1060. The number of hydrogen-bond acceptors (Lipinski definition) is 5. The topological polar surface area (TPSA) is 59.0 Å². The zero-order valence-electron chi connectivity index (χ0n) is 19.7. The number of esters is 1. The Balaban J connectivity index is 1.84. The van der Waals surface area contributed by atoms with Crippen LogP contribution in [0.15, 0.2) is 29.3 Å². The van der Waals surface area contributed by atoms with Gasteiger partial charge in [-0.05, 0) is 56.1 Å². The first-order chi connectivity index (χ1) is 15.2. The van der Waals surface area contributed by atoms with Crippen molar-refractivity contribution in [3.63, 3.8) is 0 Å². The van der Waals surface area contributed by atoms with Crippen LogP contribution >= 0.6 is 11.3 Å². The highest BCUT2D eigenvalue weighted by molar-refractivity contribution is 7.17. The van der Waals surface area contributed by atoms with Crippen LogP contribution in [-0.4, -0.2) is 36.8 Å². The van der Waals surface area contributed by atoms with Crippen LogP contribution in [0.4, 0.5) is 5.00 Å². The Morgan fingerprint density at radius 3 is 2.53 bits per heavy atom. The van der Waals surface area contributed by atoms with Gasteiger partial charge in [-0.1, -0.05) is 45.0 Å². The van der Waals surface area contributed by atoms with Gasteiger partial charge in [0.2, 0.25) is 5.91 Å². The van der Waals surface area contributed by atoms with Crippen LogP contribution in [0.2, 0.25) is 0 Å². The average molecular weight is 453 g/mol. The van der Waals surface area contributed by atoms with Gasteiger partial charge in [0.15, 0.2) is 0 Å². The third-order valence-electron chi connectivity index (χ3n) is 6.29. The molecule has 0 fully saturated rings. The lowest BCUT2D eigenvalue weighted by Crippen LogP contribution is -2.45. The van der Waals surface area contributed by atoms with E-state index in [9.17, 15) is 9.59 Å². The first kappa shape index (κ1) is 22.7. The summed E-state index contributed by atoms with van der Waals surface area (Å²) >= 11 is 1.65. The maximum atomic E-state index is 13.2. The fraction of sp³-hybridized carbons (Fsp3) is 0.500. The molecule has 1 atom stereocenters. The van der Waals surface area contributed by atoms with E-state index in [1.807, 2.05) is 0 Å². The lowest BCUT2D eigenvalue weighted by molar-refractivity contribution is -0.145. The van der Waals surface area contributed by atoms with Crippen molar-refractivity contribution in [3.05, 3.63) is 51.4 Å². The number of fused-ring (bicyclic) bond motifs is 3. The second-order valence-electron chi connectivity index (χ2n) is 9.57. The maximum absolute atomic E-state index is 13.2. The molecule has 170 valence electrons. The first-order valence-electron chi connectivity index (χ1n) is 11.5. The molecule has 2 heterocycles. The second-order valence-corrected chi connectivity index (χ2v) is 10.7. The molecule has 0 saturated heterocycles. The number of amides is 1. The Hall–Kier alpha value is -2.47. The molecular weight excluding hydrogens is 420 g/mol. The lowest BCUT2D eigenvalue weighted by Gasteiger charge is -2.26. The van der Waals surface area contributed by atoms with E-state index < -0.39 is 6.04 Å². The number of carbonyl (C=O) groups excluding carboxylic acids is 2. The Morgan fingerprint density at radius 2 is 1.88 bits per heavy atom. The molecule has 0 radical (unpaired) electrons. The summed E-state index contributed by atoms with van der Waals surface area (Å²) in [7, 11) is 0. The van der Waals surface area contributed by atoms with Gasteiger partial charge >= 0.3 is 5.97 Å². The van der Waals surface area contributed by atoms with Crippen molar-refractivity contribution < 1.29 is 14.3 Å². The SMILES string of the molecule is CCOC(=O)C(C)N1C(=O)CN=C(c2ccc(C(C)(C)C)cc2)c2c1sc1c2CCCC1. The van der Waals surface area contributed by atoms with Gasteiger partial charge < -0.3 is 4.74 Å². The molecule has 1 unspecified atom stereocenters. The van der Waals surface area contributed by atoms with Crippen LogP contribution in [0.25, 0.3) is 0 Å². The van der Waals surface area contributed by atoms with Gasteiger partial charge in [0.05, 0.1) is 12.3 Å². The van der Waals surface area contributed by atoms with Crippen molar-refractivity contribution in [2.75, 3.05) is 18.1 Å². The number of ether oxygens (including phenoxy) is 1. The van der Waals surface area contributed by atoms with Crippen molar-refractivity contribution >= 4 is 33.9 Å². The van der Waals surface area contributed by atoms with E-state index in [-0.39, 0.29) is 23.8 Å². The smallest absolute Gasteiger partial charge is 0.328 e. The summed E-state index contributed by atoms with van der Waals surface area (Å²) < 4.78 is 5.25. The number of anilines is 1. The van der Waals surface area contributed by atoms with Gasteiger partial charge in [0.1, 0.15) is 17.6 Å². The van der Waals surface area contributed by atoms with Crippen LogP contribution in [0.3, 0.4) is 0 Å². The van der Waals surface area contributed by atoms with Crippen molar-refractivity contribution in [2.45, 2.75) is 71.8 Å². The van der Waals surface area contributed by atoms with Gasteiger partial charge in [-0.3, -0.25) is 14.7 Å². The molecule has 0 spiro atoms. The second kappa shape index (κ2) is 8.81. The standard InChI is InChI=1S/C26H32N2O3S/c1-6-31-25(30)16(2)28-21(29)15-27-23(17-11-13-18(14-12-17)26(3,4)5)22-19-9-7-8-10-20(19)32-24(22)28/h11-14,16H,6-10,15H2,1-5H3. The van der Waals surface area contributed by atoms with E-state index in [1.165, 1.54) is 16.0 Å². The highest BCUT2D eigenvalue weighted by atomic mass is 32.1. The highest BCUT2D eigenvalue weighted by Crippen LogP contribution is 2.43. The normalized spacial score (nSPS) is 17.2. The van der Waals surface area contributed by atoms with E-state index in [0.29, 0.717) is 6.61 Å². The number of carbonyl (C=O) groups is 2. The Labute approximate surface area is 194 Å². The first-order valence-corrected chi connectivity index (χ1v) is 12.3. The molecule has 4 rings (SSSR count). The molecular formula is C26H32N2O3S. The molecule has 0 saturated carbocycles. The molecule has 1 aromatic heterocycles. The molecule has 0 N–H and O–H groups in total. The molecule has 1 amide bonds. The Morgan fingerprint density at radius 1 is 1.19 bits per heavy atom. The molecule has 1 aromatic carbocycles. The van der Waals surface area contributed by atoms with E-state index >= 15 is 0 Å². The van der Waals surface area contributed by atoms with Gasteiger partial charge in [0, 0.05) is 16.0 Å². The minimum atomic E-state index is -0.681. The fourth-order valence-corrected chi connectivity index (χ4v) is 5.99. The Kier molecular flexibility index (Phi) is 6.26. The number of hydrogen-bond donors (Lipinski definition) is 0. The minimum Gasteiger partial charge on any atom is -0.464 e. The lowest BCUT2D eigenvalue weighted by atomic mass is 9.85. The summed E-state index contributed by atoms with van der Waals surface area (Å²) in [4.78, 5) is 33.6. The summed E-state index contributed by atoms with van der Waals surface area (Å²) in [6.07, 6.45) is 4.28. The monoisotopic (exact) mass is 452 g/mol. The predicted molar refractivity (Wildman–Crippen MR) is 130 cm³/mol. The van der Waals surface area contributed by atoms with Crippen molar-refractivity contribution in [2.24, 2.45) is 4.99 Å². The van der Waals surface area contributed by atoms with Gasteiger partial charge in [0.25, 0.3) is 0 Å². The molecule has 5 nitrogen and oxygen atoms in total. The molecule has 6 heteroatoms. The molecule has 1 aliphatic heterocycles. The van der Waals surface area contributed by atoms with Gasteiger partial charge in [-0.15, -0.1) is 11.3 Å². The molecule has 32 heavy (non-hydrogen) atoms. The van der Waals surface area contributed by atoms with Crippen molar-refractivity contribution in [3.8, 4) is 0 Å². The molecule has 0 bridgehead atoms. The van der Waals surface area contributed by atoms with Gasteiger partial charge in [-0.2, -0.15) is 0 Å². The summed E-state index contributed by atoms with van der Waals surface area (Å²) in [6, 6.07) is 7.86. The van der Waals surface area contributed by atoms with E-state index in [2.05, 4.69) is 45.0 Å². The predicted octanol–water partition coefficient (Wildman–Crippen LogP) is 5.06. The van der Waals surface area contributed by atoms with Crippen molar-refractivity contribution in [1.29, 1.82) is 0 Å². The average Bonchev–Trinajstić information content (AvgIpc) is 3.06. The van der Waals surface area contributed by atoms with Crippen LogP contribution in [0.1, 0.15) is 74.6 Å². The van der Waals surface area contributed by atoms with Crippen molar-refractivity contribution in [1.82, 2.24) is 0 Å². The zero-order valence-corrected chi connectivity index (χ0v) is 20.5. The molecule has 1 aliphatic carbocycles. The molecule has 2 aromatic rings. The highest BCUT2D eigenvalue weighted by Gasteiger charge is 2.37. The third kappa shape index (κ3) is 4.13. The number of nitrogens with zero attached hydrogens (tertiary/aromatic N) is 2. The van der Waals surface area contributed by atoms with E-state index in [0.717, 1.165) is 47.5 Å². The van der Waals surface area contributed by atoms with Crippen LogP contribution < -0.4 is 4.90 Å². The molecule has 2 aliphatic rings. The number of thiophene rings is 1. The number of aryl methyl sites for hydroxylation is 1. The van der Waals surface area contributed by atoms with Crippen LogP contribution in [0, 0.1) is 0 Å².